The predicted octanol–water partition coefficient (Wildman–Crippen LogP) is 5.82. The molecule has 0 heterocycles. The number of rotatable bonds is 1. The first-order chi connectivity index (χ1) is 8.80. The van der Waals surface area contributed by atoms with Crippen LogP contribution in [0.15, 0.2) is 36.4 Å². The van der Waals surface area contributed by atoms with Gasteiger partial charge in [-0.3, -0.25) is 0 Å². The quantitative estimate of drug-likeness (QED) is 0.582. The van der Waals surface area contributed by atoms with Crippen molar-refractivity contribution in [2.75, 3.05) is 0 Å². The molecule has 0 saturated heterocycles. The lowest BCUT2D eigenvalue weighted by atomic mass is 10.0. The molecule has 0 nitrogen and oxygen atoms in total. The fraction of sp³-hybridized carbons (Fsp3) is 0.0769. The van der Waals surface area contributed by atoms with Gasteiger partial charge in [-0.05, 0) is 23.8 Å². The monoisotopic (exact) mass is 308 g/mol. The minimum atomic E-state index is -4.76. The van der Waals surface area contributed by atoms with Crippen molar-refractivity contribution >= 4 is 23.2 Å². The number of alkyl halides is 3. The number of benzene rings is 2. The molecular formula is C13H6Cl2F4. The van der Waals surface area contributed by atoms with Gasteiger partial charge in [0, 0.05) is 5.56 Å². The van der Waals surface area contributed by atoms with Crippen molar-refractivity contribution in [1.29, 1.82) is 0 Å². The zero-order valence-electron chi connectivity index (χ0n) is 9.23. The van der Waals surface area contributed by atoms with E-state index in [1.54, 1.807) is 6.07 Å². The molecule has 2 rings (SSSR count). The lowest BCUT2D eigenvalue weighted by Crippen LogP contribution is -2.08. The Morgan fingerprint density at radius 1 is 0.947 bits per heavy atom. The Bertz CT molecular complexity index is 621. The Hall–Kier alpha value is -1.26. The van der Waals surface area contributed by atoms with Crippen molar-refractivity contribution in [3.63, 3.8) is 0 Å². The molecule has 0 aliphatic heterocycles. The highest BCUT2D eigenvalue weighted by atomic mass is 35.5. The third-order valence-electron chi connectivity index (χ3n) is 2.53. The van der Waals surface area contributed by atoms with Crippen molar-refractivity contribution in [3.8, 4) is 11.1 Å². The Kier molecular flexibility index (Phi) is 3.74. The Labute approximate surface area is 116 Å². The zero-order valence-corrected chi connectivity index (χ0v) is 10.7. The van der Waals surface area contributed by atoms with Crippen LogP contribution in [-0.4, -0.2) is 0 Å². The average Bonchev–Trinajstić information content (AvgIpc) is 2.32. The smallest absolute Gasteiger partial charge is 0.206 e. The normalized spacial score (nSPS) is 11.7. The number of hydrogen-bond acceptors (Lipinski definition) is 0. The van der Waals surface area contributed by atoms with Crippen LogP contribution < -0.4 is 0 Å². The summed E-state index contributed by atoms with van der Waals surface area (Å²) in [7, 11) is 0. The summed E-state index contributed by atoms with van der Waals surface area (Å²) in [6, 6.07) is 7.29. The molecule has 2 aromatic carbocycles. The molecule has 0 amide bonds. The summed E-state index contributed by atoms with van der Waals surface area (Å²) in [4.78, 5) is 0. The number of hydrogen-bond donors (Lipinski definition) is 0. The second-order valence-electron chi connectivity index (χ2n) is 3.79. The van der Waals surface area contributed by atoms with Gasteiger partial charge in [0.15, 0.2) is 0 Å². The van der Waals surface area contributed by atoms with Crippen LogP contribution >= 0.6 is 23.2 Å². The maximum absolute atomic E-state index is 13.2. The molecule has 0 unspecified atom stereocenters. The lowest BCUT2D eigenvalue weighted by molar-refractivity contribution is -0.139. The van der Waals surface area contributed by atoms with Crippen LogP contribution in [0.2, 0.25) is 10.0 Å². The molecule has 19 heavy (non-hydrogen) atoms. The molecule has 0 aliphatic rings. The molecule has 0 fully saturated rings. The molecule has 0 atom stereocenters. The van der Waals surface area contributed by atoms with Crippen LogP contribution in [0.3, 0.4) is 0 Å². The summed E-state index contributed by atoms with van der Waals surface area (Å²) in [6.07, 6.45) is -4.76. The van der Waals surface area contributed by atoms with E-state index in [2.05, 4.69) is 0 Å². The minimum absolute atomic E-state index is 0.129. The zero-order chi connectivity index (χ0) is 14.2. The molecule has 0 N–H and O–H groups in total. The van der Waals surface area contributed by atoms with Gasteiger partial charge in [0.05, 0.1) is 15.6 Å². The van der Waals surface area contributed by atoms with Crippen LogP contribution in [0.4, 0.5) is 17.6 Å². The van der Waals surface area contributed by atoms with E-state index in [4.69, 9.17) is 23.2 Å². The Morgan fingerprint density at radius 2 is 1.63 bits per heavy atom. The van der Waals surface area contributed by atoms with E-state index in [0.717, 1.165) is 6.07 Å². The van der Waals surface area contributed by atoms with Gasteiger partial charge in [-0.1, -0.05) is 41.4 Å². The molecule has 0 aliphatic carbocycles. The van der Waals surface area contributed by atoms with Gasteiger partial charge in [-0.2, -0.15) is 13.2 Å². The van der Waals surface area contributed by atoms with E-state index in [-0.39, 0.29) is 15.6 Å². The van der Waals surface area contributed by atoms with E-state index in [1.165, 1.54) is 18.2 Å². The van der Waals surface area contributed by atoms with Crippen molar-refractivity contribution in [1.82, 2.24) is 0 Å². The second kappa shape index (κ2) is 5.02. The summed E-state index contributed by atoms with van der Waals surface area (Å²) in [5, 5.41) is 0.348. The van der Waals surface area contributed by atoms with E-state index in [1.807, 2.05) is 0 Å². The highest BCUT2D eigenvalue weighted by Crippen LogP contribution is 2.37. The molecule has 2 aromatic rings. The lowest BCUT2D eigenvalue weighted by Gasteiger charge is -2.11. The van der Waals surface area contributed by atoms with E-state index in [0.29, 0.717) is 11.6 Å². The molecule has 0 bridgehead atoms. The molecular weight excluding hydrogens is 303 g/mol. The maximum Gasteiger partial charge on any atom is 0.419 e. The highest BCUT2D eigenvalue weighted by Gasteiger charge is 2.34. The second-order valence-corrected chi connectivity index (χ2v) is 4.58. The first kappa shape index (κ1) is 14.2. The first-order valence-corrected chi connectivity index (χ1v) is 5.87. The summed E-state index contributed by atoms with van der Waals surface area (Å²) >= 11 is 11.7. The molecule has 0 aromatic heterocycles. The van der Waals surface area contributed by atoms with Crippen molar-refractivity contribution in [2.24, 2.45) is 0 Å². The standard InChI is InChI=1S/C13H6Cl2F4/c14-10-3-1-2-8(12(10)15)7-4-5-11(16)9(6-7)13(17,18)19/h1-6H. The van der Waals surface area contributed by atoms with Crippen molar-refractivity contribution in [3.05, 3.63) is 57.8 Å². The van der Waals surface area contributed by atoms with Crippen LogP contribution in [0.25, 0.3) is 11.1 Å². The van der Waals surface area contributed by atoms with Gasteiger partial charge in [0.1, 0.15) is 5.82 Å². The van der Waals surface area contributed by atoms with Gasteiger partial charge >= 0.3 is 6.18 Å². The fourth-order valence-corrected chi connectivity index (χ4v) is 2.05. The molecule has 100 valence electrons. The van der Waals surface area contributed by atoms with Gasteiger partial charge < -0.3 is 0 Å². The molecule has 0 spiro atoms. The van der Waals surface area contributed by atoms with Crippen LogP contribution in [0.5, 0.6) is 0 Å². The SMILES string of the molecule is Fc1ccc(-c2cccc(Cl)c2Cl)cc1C(F)(F)F. The predicted molar refractivity (Wildman–Crippen MR) is 66.9 cm³/mol. The highest BCUT2D eigenvalue weighted by molar-refractivity contribution is 6.43. The van der Waals surface area contributed by atoms with Gasteiger partial charge in [0.25, 0.3) is 0 Å². The average molecular weight is 309 g/mol. The van der Waals surface area contributed by atoms with Crippen molar-refractivity contribution < 1.29 is 17.6 Å². The van der Waals surface area contributed by atoms with E-state index < -0.39 is 17.6 Å². The molecule has 6 heteroatoms. The van der Waals surface area contributed by atoms with Gasteiger partial charge in [-0.15, -0.1) is 0 Å². The minimum Gasteiger partial charge on any atom is -0.206 e. The van der Waals surface area contributed by atoms with Crippen LogP contribution in [0.1, 0.15) is 5.56 Å². The van der Waals surface area contributed by atoms with E-state index in [9.17, 15) is 17.6 Å². The van der Waals surface area contributed by atoms with E-state index >= 15 is 0 Å². The number of halogens is 6. The van der Waals surface area contributed by atoms with Gasteiger partial charge in [0.2, 0.25) is 0 Å². The third kappa shape index (κ3) is 2.85. The fourth-order valence-electron chi connectivity index (χ4n) is 1.64. The Balaban J connectivity index is 2.62. The van der Waals surface area contributed by atoms with Crippen LogP contribution in [0, 0.1) is 5.82 Å². The summed E-state index contributed by atoms with van der Waals surface area (Å²) in [6.45, 7) is 0. The molecule has 0 radical (unpaired) electrons. The summed E-state index contributed by atoms with van der Waals surface area (Å²) in [5.74, 6) is -1.32. The van der Waals surface area contributed by atoms with Gasteiger partial charge in [-0.25, -0.2) is 4.39 Å². The Morgan fingerprint density at radius 3 is 2.26 bits per heavy atom. The topological polar surface area (TPSA) is 0 Å². The first-order valence-electron chi connectivity index (χ1n) is 5.12. The van der Waals surface area contributed by atoms with Crippen molar-refractivity contribution in [2.45, 2.75) is 6.18 Å². The summed E-state index contributed by atoms with van der Waals surface area (Å²) in [5.41, 5.74) is -0.859. The summed E-state index contributed by atoms with van der Waals surface area (Å²) < 4.78 is 51.1. The largest absolute Gasteiger partial charge is 0.419 e. The van der Waals surface area contributed by atoms with Crippen LogP contribution in [-0.2, 0) is 6.18 Å². The third-order valence-corrected chi connectivity index (χ3v) is 3.35. The maximum atomic E-state index is 13.2. The molecule has 0 saturated carbocycles.